The van der Waals surface area contributed by atoms with E-state index >= 15 is 0 Å². The van der Waals surface area contributed by atoms with Gasteiger partial charge in [0.1, 0.15) is 5.75 Å². The predicted molar refractivity (Wildman–Crippen MR) is 93.9 cm³/mol. The topological polar surface area (TPSA) is 59.1 Å². The van der Waals surface area contributed by atoms with E-state index in [-0.39, 0.29) is 25.0 Å². The minimum Gasteiger partial charge on any atom is -0.484 e. The Hall–Kier alpha value is -1.60. The zero-order chi connectivity index (χ0) is 17.4. The number of hydrogen-bond acceptors (Lipinski definition) is 5. The van der Waals surface area contributed by atoms with Gasteiger partial charge < -0.3 is 14.4 Å². The smallest absolute Gasteiger partial charge is 0.320 e. The molecule has 0 aliphatic carbocycles. The van der Waals surface area contributed by atoms with Crippen molar-refractivity contribution in [2.75, 3.05) is 45.9 Å². The number of benzene rings is 1. The summed E-state index contributed by atoms with van der Waals surface area (Å²) in [6.07, 6.45) is 0.837. The summed E-state index contributed by atoms with van der Waals surface area (Å²) in [5.74, 6) is 0.428. The van der Waals surface area contributed by atoms with Crippen LogP contribution in [0.5, 0.6) is 5.75 Å². The third-order valence-electron chi connectivity index (χ3n) is 3.78. The monoisotopic (exact) mass is 398 g/mol. The molecule has 1 aromatic carbocycles. The summed E-state index contributed by atoms with van der Waals surface area (Å²) in [5, 5.41) is 0. The highest BCUT2D eigenvalue weighted by molar-refractivity contribution is 9.10. The third-order valence-corrected chi connectivity index (χ3v) is 4.30. The number of carbonyl (C=O) groups excluding carboxylic acids is 2. The first kappa shape index (κ1) is 18.7. The van der Waals surface area contributed by atoms with Crippen LogP contribution in [-0.2, 0) is 14.3 Å². The second-order valence-electron chi connectivity index (χ2n) is 5.56. The van der Waals surface area contributed by atoms with Crippen LogP contribution in [0, 0.1) is 0 Å². The van der Waals surface area contributed by atoms with E-state index in [2.05, 4.69) is 15.9 Å². The number of ether oxygens (including phenoxy) is 2. The third kappa shape index (κ3) is 6.13. The van der Waals surface area contributed by atoms with Crippen LogP contribution in [0.4, 0.5) is 0 Å². The number of halogens is 1. The summed E-state index contributed by atoms with van der Waals surface area (Å²) in [4.78, 5) is 27.7. The van der Waals surface area contributed by atoms with Gasteiger partial charge in [-0.25, -0.2) is 0 Å². The first-order valence-corrected chi connectivity index (χ1v) is 8.92. The van der Waals surface area contributed by atoms with Crippen molar-refractivity contribution in [2.24, 2.45) is 0 Å². The Kier molecular flexibility index (Phi) is 7.52. The fourth-order valence-corrected chi connectivity index (χ4v) is 2.80. The summed E-state index contributed by atoms with van der Waals surface area (Å²) in [5.41, 5.74) is 0. The van der Waals surface area contributed by atoms with Crippen LogP contribution in [0.2, 0.25) is 0 Å². The van der Waals surface area contributed by atoms with E-state index in [1.807, 2.05) is 29.2 Å². The van der Waals surface area contributed by atoms with Crippen molar-refractivity contribution in [3.05, 3.63) is 28.7 Å². The van der Waals surface area contributed by atoms with Gasteiger partial charge in [0.15, 0.2) is 6.61 Å². The van der Waals surface area contributed by atoms with Gasteiger partial charge in [-0.15, -0.1) is 0 Å². The molecule has 0 atom stereocenters. The molecule has 1 aliphatic rings. The average Bonchev–Trinajstić information content (AvgIpc) is 2.80. The molecule has 0 aromatic heterocycles. The van der Waals surface area contributed by atoms with Crippen molar-refractivity contribution in [3.63, 3.8) is 0 Å². The molecule has 24 heavy (non-hydrogen) atoms. The highest BCUT2D eigenvalue weighted by Crippen LogP contribution is 2.16. The lowest BCUT2D eigenvalue weighted by Crippen LogP contribution is -2.39. The predicted octanol–water partition coefficient (Wildman–Crippen LogP) is 1.93. The molecule has 1 fully saturated rings. The first-order valence-electron chi connectivity index (χ1n) is 8.12. The number of nitrogens with zero attached hydrogens (tertiary/aromatic N) is 2. The molecular formula is C17H23BrN2O4. The Morgan fingerprint density at radius 1 is 1.12 bits per heavy atom. The maximum atomic E-state index is 12.3. The summed E-state index contributed by atoms with van der Waals surface area (Å²) >= 11 is 3.36. The Balaban J connectivity index is 1.76. The first-order chi connectivity index (χ1) is 11.6. The average molecular weight is 399 g/mol. The molecule has 6 nitrogen and oxygen atoms in total. The molecule has 0 bridgehead atoms. The van der Waals surface area contributed by atoms with E-state index in [9.17, 15) is 9.59 Å². The lowest BCUT2D eigenvalue weighted by Gasteiger charge is -2.21. The maximum Gasteiger partial charge on any atom is 0.320 e. The molecular weight excluding hydrogens is 376 g/mol. The van der Waals surface area contributed by atoms with Gasteiger partial charge >= 0.3 is 5.97 Å². The van der Waals surface area contributed by atoms with Gasteiger partial charge in [-0.2, -0.15) is 0 Å². The fraction of sp³-hybridized carbons (Fsp3) is 0.529. The molecule has 2 rings (SSSR count). The van der Waals surface area contributed by atoms with Crippen molar-refractivity contribution in [3.8, 4) is 5.75 Å². The summed E-state index contributed by atoms with van der Waals surface area (Å²) in [6.45, 7) is 5.24. The van der Waals surface area contributed by atoms with Gasteiger partial charge in [0.2, 0.25) is 0 Å². The largest absolute Gasteiger partial charge is 0.484 e. The van der Waals surface area contributed by atoms with Crippen molar-refractivity contribution in [1.29, 1.82) is 0 Å². The van der Waals surface area contributed by atoms with E-state index in [4.69, 9.17) is 9.47 Å². The van der Waals surface area contributed by atoms with Crippen LogP contribution >= 0.6 is 15.9 Å². The Labute approximate surface area is 150 Å². The Morgan fingerprint density at radius 2 is 1.88 bits per heavy atom. The van der Waals surface area contributed by atoms with E-state index in [0.29, 0.717) is 32.0 Å². The van der Waals surface area contributed by atoms with Gasteiger partial charge in [0.05, 0.1) is 13.2 Å². The number of esters is 1. The molecule has 0 unspecified atom stereocenters. The highest BCUT2D eigenvalue weighted by atomic mass is 79.9. The number of rotatable bonds is 6. The van der Waals surface area contributed by atoms with E-state index in [1.54, 1.807) is 11.8 Å². The number of hydrogen-bond donors (Lipinski definition) is 0. The van der Waals surface area contributed by atoms with Crippen molar-refractivity contribution in [2.45, 2.75) is 13.3 Å². The molecule has 1 aromatic rings. The molecule has 0 saturated carbocycles. The second kappa shape index (κ2) is 9.64. The van der Waals surface area contributed by atoms with Crippen molar-refractivity contribution >= 4 is 27.8 Å². The molecule has 1 saturated heterocycles. The molecule has 0 spiro atoms. The number of amides is 1. The normalized spacial score (nSPS) is 15.7. The van der Waals surface area contributed by atoms with Crippen LogP contribution in [0.3, 0.4) is 0 Å². The lowest BCUT2D eigenvalue weighted by atomic mass is 10.3. The highest BCUT2D eigenvalue weighted by Gasteiger charge is 2.21. The number of carbonyl (C=O) groups is 2. The van der Waals surface area contributed by atoms with Crippen LogP contribution < -0.4 is 4.74 Å². The lowest BCUT2D eigenvalue weighted by molar-refractivity contribution is -0.144. The molecule has 7 heteroatoms. The quantitative estimate of drug-likeness (QED) is 0.685. The fourth-order valence-electron chi connectivity index (χ4n) is 2.53. The van der Waals surface area contributed by atoms with Crippen molar-refractivity contribution in [1.82, 2.24) is 9.80 Å². The van der Waals surface area contributed by atoms with Gasteiger partial charge in [0.25, 0.3) is 5.91 Å². The minimum absolute atomic E-state index is 0.0273. The standard InChI is InChI=1S/C17H23BrN2O4/c1-2-23-17(22)12-19-8-3-9-20(11-10-19)16(21)13-24-15-6-4-14(18)5-7-15/h4-7H,2-3,8-13H2,1H3. The maximum absolute atomic E-state index is 12.3. The molecule has 1 aliphatic heterocycles. The van der Waals surface area contributed by atoms with E-state index in [1.165, 1.54) is 0 Å². The van der Waals surface area contributed by atoms with Gasteiger partial charge in [-0.3, -0.25) is 14.5 Å². The summed E-state index contributed by atoms with van der Waals surface area (Å²) in [7, 11) is 0. The van der Waals surface area contributed by atoms with Gasteiger partial charge in [-0.05, 0) is 37.6 Å². The zero-order valence-electron chi connectivity index (χ0n) is 13.9. The minimum atomic E-state index is -0.212. The molecule has 132 valence electrons. The van der Waals surface area contributed by atoms with E-state index < -0.39 is 0 Å². The zero-order valence-corrected chi connectivity index (χ0v) is 15.5. The van der Waals surface area contributed by atoms with Crippen LogP contribution in [0.15, 0.2) is 28.7 Å². The summed E-state index contributed by atoms with van der Waals surface area (Å²) in [6, 6.07) is 7.39. The molecule has 0 radical (unpaired) electrons. The second-order valence-corrected chi connectivity index (χ2v) is 6.47. The SMILES string of the molecule is CCOC(=O)CN1CCCN(C(=O)COc2ccc(Br)cc2)CC1. The summed E-state index contributed by atoms with van der Waals surface area (Å²) < 4.78 is 11.5. The molecule has 0 N–H and O–H groups in total. The molecule has 1 heterocycles. The van der Waals surface area contributed by atoms with Crippen LogP contribution in [-0.4, -0.2) is 67.6 Å². The van der Waals surface area contributed by atoms with Crippen LogP contribution in [0.1, 0.15) is 13.3 Å². The van der Waals surface area contributed by atoms with Gasteiger partial charge in [-0.1, -0.05) is 15.9 Å². The van der Waals surface area contributed by atoms with Gasteiger partial charge in [0, 0.05) is 30.7 Å². The van der Waals surface area contributed by atoms with Crippen LogP contribution in [0.25, 0.3) is 0 Å². The van der Waals surface area contributed by atoms with Crippen molar-refractivity contribution < 1.29 is 19.1 Å². The Morgan fingerprint density at radius 3 is 2.58 bits per heavy atom. The van der Waals surface area contributed by atoms with E-state index in [0.717, 1.165) is 17.4 Å². The molecule has 1 amide bonds. The Bertz CT molecular complexity index is 550.